The average molecular weight is 253 g/mol. The molecule has 1 heterocycles. The Bertz CT molecular complexity index is 369. The van der Waals surface area contributed by atoms with Crippen LogP contribution in [0.4, 0.5) is 4.39 Å². The van der Waals surface area contributed by atoms with Crippen LogP contribution in [0.3, 0.4) is 0 Å². The van der Waals surface area contributed by atoms with Crippen LogP contribution in [0.5, 0.6) is 0 Å². The first-order chi connectivity index (χ1) is 8.74. The van der Waals surface area contributed by atoms with Gasteiger partial charge in [0.05, 0.1) is 6.61 Å². The fraction of sp³-hybridized carbons (Fsp3) is 0.571. The third-order valence-electron chi connectivity index (χ3n) is 3.72. The van der Waals surface area contributed by atoms with Crippen LogP contribution in [0.1, 0.15) is 24.4 Å². The van der Waals surface area contributed by atoms with Crippen molar-refractivity contribution in [2.45, 2.75) is 18.9 Å². The lowest BCUT2D eigenvalue weighted by molar-refractivity contribution is 0.0662. The van der Waals surface area contributed by atoms with E-state index in [9.17, 15) is 9.50 Å². The quantitative estimate of drug-likeness (QED) is 0.856. The second-order valence-electron chi connectivity index (χ2n) is 4.90. The van der Waals surface area contributed by atoms with Gasteiger partial charge >= 0.3 is 0 Å². The van der Waals surface area contributed by atoms with Gasteiger partial charge < -0.3 is 10.2 Å². The van der Waals surface area contributed by atoms with E-state index in [1.165, 1.54) is 12.1 Å². The molecule has 1 fully saturated rings. The predicted molar refractivity (Wildman–Crippen MR) is 67.6 cm³/mol. The number of hydrogen-bond acceptors (Lipinski definition) is 3. The highest BCUT2D eigenvalue weighted by atomic mass is 19.1. The van der Waals surface area contributed by atoms with Crippen molar-refractivity contribution in [2.24, 2.45) is 5.92 Å². The molecule has 2 rings (SSSR count). The number of rotatable bonds is 4. The molecule has 0 radical (unpaired) electrons. The Hall–Kier alpha value is -0.970. The van der Waals surface area contributed by atoms with Gasteiger partial charge in [-0.15, -0.1) is 0 Å². The zero-order chi connectivity index (χ0) is 13.0. The molecule has 0 saturated carbocycles. The summed E-state index contributed by atoms with van der Waals surface area (Å²) < 4.78 is 12.9. The third kappa shape index (κ3) is 3.07. The van der Waals surface area contributed by atoms with Gasteiger partial charge in [-0.2, -0.15) is 0 Å². The molecule has 100 valence electrons. The number of nitrogens with zero attached hydrogens (tertiary/aromatic N) is 1. The minimum absolute atomic E-state index is 0.126. The van der Waals surface area contributed by atoms with Crippen molar-refractivity contribution in [3.05, 3.63) is 35.6 Å². The first kappa shape index (κ1) is 13.5. The van der Waals surface area contributed by atoms with Gasteiger partial charge in [0, 0.05) is 19.2 Å². The Labute approximate surface area is 107 Å². The Kier molecular flexibility index (Phi) is 4.69. The predicted octanol–water partition coefficient (Wildman–Crippen LogP) is 1.56. The lowest BCUT2D eigenvalue weighted by Crippen LogP contribution is -2.39. The number of piperidine rings is 1. The summed E-state index contributed by atoms with van der Waals surface area (Å²) in [6.45, 7) is 1.82. The second kappa shape index (κ2) is 6.27. The Morgan fingerprint density at radius 3 is 2.56 bits per heavy atom. The monoisotopic (exact) mass is 253 g/mol. The number of halogens is 1. The maximum atomic E-state index is 12.9. The van der Waals surface area contributed by atoms with E-state index < -0.39 is 0 Å². The summed E-state index contributed by atoms with van der Waals surface area (Å²) in [6.07, 6.45) is 1.82. The molecule has 1 aliphatic heterocycles. The molecule has 2 atom stereocenters. The molecule has 1 aliphatic rings. The van der Waals surface area contributed by atoms with Crippen molar-refractivity contribution in [3.8, 4) is 0 Å². The maximum absolute atomic E-state index is 12.9. The molecule has 18 heavy (non-hydrogen) atoms. The topological polar surface area (TPSA) is 43.7 Å². The molecule has 0 amide bonds. The van der Waals surface area contributed by atoms with Gasteiger partial charge in [-0.25, -0.2) is 4.39 Å². The standard InChI is InChI=1S/C14H20FNO2/c15-13-3-1-12(2-4-13)14-9-11(10-18)5-6-16(14)7-8-17/h1-4,11,14,17-18H,5-10H2. The minimum atomic E-state index is -0.234. The van der Waals surface area contributed by atoms with Crippen molar-refractivity contribution < 1.29 is 14.6 Å². The van der Waals surface area contributed by atoms with Crippen molar-refractivity contribution in [1.82, 2.24) is 4.90 Å². The molecule has 4 heteroatoms. The Morgan fingerprint density at radius 1 is 1.22 bits per heavy atom. The van der Waals surface area contributed by atoms with Gasteiger partial charge in [0.2, 0.25) is 0 Å². The van der Waals surface area contributed by atoms with Crippen LogP contribution in [0, 0.1) is 11.7 Å². The van der Waals surface area contributed by atoms with E-state index in [1.807, 2.05) is 0 Å². The highest BCUT2D eigenvalue weighted by Gasteiger charge is 2.28. The van der Waals surface area contributed by atoms with Crippen LogP contribution in [-0.4, -0.2) is 41.4 Å². The van der Waals surface area contributed by atoms with E-state index >= 15 is 0 Å². The van der Waals surface area contributed by atoms with Crippen LogP contribution in [-0.2, 0) is 0 Å². The van der Waals surface area contributed by atoms with Crippen molar-refractivity contribution >= 4 is 0 Å². The zero-order valence-electron chi connectivity index (χ0n) is 10.4. The van der Waals surface area contributed by atoms with Crippen molar-refractivity contribution in [3.63, 3.8) is 0 Å². The Morgan fingerprint density at radius 2 is 1.94 bits per heavy atom. The molecule has 0 bridgehead atoms. The molecule has 1 saturated heterocycles. The van der Waals surface area contributed by atoms with Crippen LogP contribution in [0.25, 0.3) is 0 Å². The summed E-state index contributed by atoms with van der Waals surface area (Å²) in [5.41, 5.74) is 1.06. The molecule has 2 unspecified atom stereocenters. The molecule has 0 aliphatic carbocycles. The van der Waals surface area contributed by atoms with Gasteiger partial charge in [-0.3, -0.25) is 4.90 Å². The molecule has 3 nitrogen and oxygen atoms in total. The zero-order valence-corrected chi connectivity index (χ0v) is 10.4. The maximum Gasteiger partial charge on any atom is 0.123 e. The summed E-state index contributed by atoms with van der Waals surface area (Å²) in [7, 11) is 0. The summed E-state index contributed by atoms with van der Waals surface area (Å²) in [4.78, 5) is 2.21. The van der Waals surface area contributed by atoms with Crippen LogP contribution in [0.15, 0.2) is 24.3 Å². The molecule has 0 spiro atoms. The molecule has 0 aromatic heterocycles. The summed E-state index contributed by atoms with van der Waals surface area (Å²) in [6, 6.07) is 6.70. The Balaban J connectivity index is 2.15. The minimum Gasteiger partial charge on any atom is -0.396 e. The number of aliphatic hydroxyl groups is 2. The van der Waals surface area contributed by atoms with Gasteiger partial charge in [0.15, 0.2) is 0 Å². The van der Waals surface area contributed by atoms with Crippen LogP contribution < -0.4 is 0 Å². The van der Waals surface area contributed by atoms with Crippen LogP contribution >= 0.6 is 0 Å². The average Bonchev–Trinajstić information content (AvgIpc) is 2.40. The third-order valence-corrected chi connectivity index (χ3v) is 3.72. The fourth-order valence-corrected chi connectivity index (χ4v) is 2.68. The second-order valence-corrected chi connectivity index (χ2v) is 4.90. The van der Waals surface area contributed by atoms with Crippen molar-refractivity contribution in [2.75, 3.05) is 26.3 Å². The van der Waals surface area contributed by atoms with Gasteiger partial charge in [0.25, 0.3) is 0 Å². The van der Waals surface area contributed by atoms with E-state index in [0.717, 1.165) is 24.9 Å². The first-order valence-corrected chi connectivity index (χ1v) is 6.46. The number of likely N-dealkylation sites (tertiary alicyclic amines) is 1. The largest absolute Gasteiger partial charge is 0.396 e. The summed E-state index contributed by atoms with van der Waals surface area (Å²) >= 11 is 0. The van der Waals surface area contributed by atoms with E-state index in [-0.39, 0.29) is 25.1 Å². The van der Waals surface area contributed by atoms with Gasteiger partial charge in [-0.1, -0.05) is 12.1 Å². The molecular weight excluding hydrogens is 233 g/mol. The number of aliphatic hydroxyl groups excluding tert-OH is 2. The van der Waals surface area contributed by atoms with E-state index in [1.54, 1.807) is 12.1 Å². The number of hydrogen-bond donors (Lipinski definition) is 2. The lowest BCUT2D eigenvalue weighted by Gasteiger charge is -2.39. The van der Waals surface area contributed by atoms with Gasteiger partial charge in [0.1, 0.15) is 5.82 Å². The van der Waals surface area contributed by atoms with Crippen molar-refractivity contribution in [1.29, 1.82) is 0 Å². The fourth-order valence-electron chi connectivity index (χ4n) is 2.68. The number of benzene rings is 1. The van der Waals surface area contributed by atoms with Crippen LogP contribution in [0.2, 0.25) is 0 Å². The van der Waals surface area contributed by atoms with E-state index in [4.69, 9.17) is 5.11 Å². The SMILES string of the molecule is OCCN1CCC(CO)CC1c1ccc(F)cc1. The molecule has 1 aromatic carbocycles. The van der Waals surface area contributed by atoms with Gasteiger partial charge in [-0.05, 0) is 43.0 Å². The molecular formula is C14H20FNO2. The molecule has 2 N–H and O–H groups in total. The normalized spacial score (nSPS) is 25.3. The van der Waals surface area contributed by atoms with E-state index in [2.05, 4.69) is 4.90 Å². The highest BCUT2D eigenvalue weighted by Crippen LogP contribution is 2.33. The number of β-amino-alcohol motifs (C(OH)–C–C–N with tert-alkyl or cyclic N) is 1. The van der Waals surface area contributed by atoms with E-state index in [0.29, 0.717) is 12.5 Å². The lowest BCUT2D eigenvalue weighted by atomic mass is 9.87. The first-order valence-electron chi connectivity index (χ1n) is 6.46. The molecule has 1 aromatic rings. The highest BCUT2D eigenvalue weighted by molar-refractivity contribution is 5.20. The smallest absolute Gasteiger partial charge is 0.123 e. The summed E-state index contributed by atoms with van der Waals surface area (Å²) in [5, 5.41) is 18.4. The summed E-state index contributed by atoms with van der Waals surface area (Å²) in [5.74, 6) is 0.0666.